The van der Waals surface area contributed by atoms with Crippen molar-refractivity contribution < 1.29 is 17.1 Å². The van der Waals surface area contributed by atoms with Crippen molar-refractivity contribution in [3.63, 3.8) is 0 Å². The fraction of sp³-hybridized carbons (Fsp3) is 0.400. The van der Waals surface area contributed by atoms with Gasteiger partial charge in [-0.2, -0.15) is 8.42 Å². The first-order valence-corrected chi connectivity index (χ1v) is 7.39. The van der Waals surface area contributed by atoms with Gasteiger partial charge in [-0.05, 0) is 34.5 Å². The van der Waals surface area contributed by atoms with E-state index in [4.69, 9.17) is 0 Å². The lowest BCUT2D eigenvalue weighted by Crippen LogP contribution is -2.27. The fourth-order valence-corrected chi connectivity index (χ4v) is 2.92. The molecule has 8 heteroatoms. The summed E-state index contributed by atoms with van der Waals surface area (Å²) in [6.07, 6.45) is 1.27. The van der Waals surface area contributed by atoms with Gasteiger partial charge in [-0.25, -0.2) is 4.98 Å². The molecular weight excluding hydrogens is 327 g/mol. The molecule has 2 heterocycles. The van der Waals surface area contributed by atoms with Crippen molar-refractivity contribution in [3.05, 3.63) is 22.4 Å². The van der Waals surface area contributed by atoms with Crippen molar-refractivity contribution in [2.24, 2.45) is 0 Å². The summed E-state index contributed by atoms with van der Waals surface area (Å²) in [6.45, 7) is 1.62. The maximum absolute atomic E-state index is 12.9. The van der Waals surface area contributed by atoms with Crippen LogP contribution in [0.4, 0.5) is 9.57 Å². The monoisotopic (exact) mass is 336 g/mol. The smallest absolute Gasteiger partial charge is 0.307 e. The van der Waals surface area contributed by atoms with Crippen molar-refractivity contribution in [2.75, 3.05) is 11.4 Å². The van der Waals surface area contributed by atoms with E-state index in [1.165, 1.54) is 4.90 Å². The van der Waals surface area contributed by atoms with Gasteiger partial charge in [0.1, 0.15) is 9.85 Å². The minimum atomic E-state index is -4.70. The Kier molecular flexibility index (Phi) is 3.41. The van der Waals surface area contributed by atoms with Gasteiger partial charge < -0.3 is 4.90 Å². The molecule has 98 valence electrons. The summed E-state index contributed by atoms with van der Waals surface area (Å²) in [5, 5.41) is -1.29. The van der Waals surface area contributed by atoms with Gasteiger partial charge in [0.2, 0.25) is 5.91 Å². The number of aryl methyl sites for hydroxylation is 1. The molecule has 0 N–H and O–H groups in total. The van der Waals surface area contributed by atoms with Crippen LogP contribution < -0.4 is 4.90 Å². The normalized spacial score (nSPS) is 20.5. The predicted molar refractivity (Wildman–Crippen MR) is 67.5 cm³/mol. The number of hydrogen-bond donors (Lipinski definition) is 0. The Morgan fingerprint density at radius 2 is 2.22 bits per heavy atom. The molecule has 1 amide bonds. The molecule has 1 aromatic rings. The number of anilines is 1. The SMILES string of the molecule is Cc1cnc(Br)c(N2CC(S(=O)(=O)F)CC2=O)c1. The molecule has 0 aromatic carbocycles. The Bertz CT molecular complexity index is 605. The number of aromatic nitrogens is 1. The van der Waals surface area contributed by atoms with E-state index in [-0.39, 0.29) is 13.0 Å². The summed E-state index contributed by atoms with van der Waals surface area (Å²) < 4.78 is 35.0. The highest BCUT2D eigenvalue weighted by Crippen LogP contribution is 2.30. The largest absolute Gasteiger partial charge is 0.308 e. The van der Waals surface area contributed by atoms with Crippen LogP contribution in [0, 0.1) is 6.92 Å². The summed E-state index contributed by atoms with van der Waals surface area (Å²) in [6, 6.07) is 1.70. The van der Waals surface area contributed by atoms with E-state index in [1.54, 1.807) is 19.2 Å². The number of hydrogen-bond acceptors (Lipinski definition) is 4. The molecule has 1 aromatic heterocycles. The first-order chi connectivity index (χ1) is 8.29. The van der Waals surface area contributed by atoms with E-state index in [0.717, 1.165) is 5.56 Å². The van der Waals surface area contributed by atoms with Gasteiger partial charge in [0, 0.05) is 19.2 Å². The molecule has 2 rings (SSSR count). The van der Waals surface area contributed by atoms with Crippen LogP contribution in [-0.2, 0) is 15.0 Å². The van der Waals surface area contributed by atoms with Crippen LogP contribution in [0.5, 0.6) is 0 Å². The third kappa shape index (κ3) is 2.54. The molecule has 5 nitrogen and oxygen atoms in total. The minimum Gasteiger partial charge on any atom is -0.308 e. The lowest BCUT2D eigenvalue weighted by atomic mass is 10.3. The molecule has 1 saturated heterocycles. The molecule has 1 atom stereocenters. The van der Waals surface area contributed by atoms with Crippen LogP contribution in [0.15, 0.2) is 16.9 Å². The summed E-state index contributed by atoms with van der Waals surface area (Å²) in [5.41, 5.74) is 1.29. The summed E-state index contributed by atoms with van der Waals surface area (Å²) in [7, 11) is -4.70. The number of halogens is 2. The zero-order valence-corrected chi connectivity index (χ0v) is 11.8. The zero-order chi connectivity index (χ0) is 13.5. The fourth-order valence-electron chi connectivity index (χ4n) is 1.82. The number of pyridine rings is 1. The Hall–Kier alpha value is -1.02. The number of rotatable bonds is 2. The zero-order valence-electron chi connectivity index (χ0n) is 9.43. The van der Waals surface area contributed by atoms with Crippen LogP contribution in [0.25, 0.3) is 0 Å². The second-order valence-corrected chi connectivity index (χ2v) is 6.50. The second-order valence-electron chi connectivity index (χ2n) is 4.13. The van der Waals surface area contributed by atoms with Crippen molar-refractivity contribution >= 4 is 37.7 Å². The number of nitrogens with zero attached hydrogens (tertiary/aromatic N) is 2. The van der Waals surface area contributed by atoms with Gasteiger partial charge in [-0.3, -0.25) is 4.79 Å². The van der Waals surface area contributed by atoms with E-state index in [9.17, 15) is 17.1 Å². The van der Waals surface area contributed by atoms with Crippen molar-refractivity contribution in [1.29, 1.82) is 0 Å². The molecule has 0 bridgehead atoms. The summed E-state index contributed by atoms with van der Waals surface area (Å²) in [4.78, 5) is 17.0. The molecule has 1 aliphatic heterocycles. The van der Waals surface area contributed by atoms with E-state index >= 15 is 0 Å². The quantitative estimate of drug-likeness (QED) is 0.607. The van der Waals surface area contributed by atoms with E-state index in [2.05, 4.69) is 20.9 Å². The lowest BCUT2D eigenvalue weighted by Gasteiger charge is -2.17. The first kappa shape index (κ1) is 13.4. The molecule has 0 radical (unpaired) electrons. The average molecular weight is 337 g/mol. The molecule has 18 heavy (non-hydrogen) atoms. The third-order valence-corrected chi connectivity index (χ3v) is 4.46. The maximum Gasteiger partial charge on any atom is 0.307 e. The van der Waals surface area contributed by atoms with Crippen molar-refractivity contribution in [2.45, 2.75) is 18.6 Å². The number of carbonyl (C=O) groups is 1. The molecule has 1 aliphatic rings. The van der Waals surface area contributed by atoms with Crippen molar-refractivity contribution in [1.82, 2.24) is 4.98 Å². The van der Waals surface area contributed by atoms with E-state index < -0.39 is 21.4 Å². The molecule has 0 aliphatic carbocycles. The van der Waals surface area contributed by atoms with Gasteiger partial charge in [-0.15, -0.1) is 3.89 Å². The number of amides is 1. The van der Waals surface area contributed by atoms with Crippen LogP contribution in [0.1, 0.15) is 12.0 Å². The highest BCUT2D eigenvalue weighted by atomic mass is 79.9. The van der Waals surface area contributed by atoms with E-state index in [0.29, 0.717) is 10.3 Å². The van der Waals surface area contributed by atoms with Gasteiger partial charge >= 0.3 is 10.2 Å². The van der Waals surface area contributed by atoms with E-state index in [1.807, 2.05) is 0 Å². The van der Waals surface area contributed by atoms with Gasteiger partial charge in [0.05, 0.1) is 5.69 Å². The molecule has 0 saturated carbocycles. The highest BCUT2D eigenvalue weighted by Gasteiger charge is 2.39. The molecule has 1 fully saturated rings. The van der Waals surface area contributed by atoms with Crippen LogP contribution >= 0.6 is 15.9 Å². The topological polar surface area (TPSA) is 67.3 Å². The van der Waals surface area contributed by atoms with Crippen LogP contribution in [0.3, 0.4) is 0 Å². The molecular formula is C10H10BrFN2O3S. The summed E-state index contributed by atoms with van der Waals surface area (Å²) >= 11 is 3.19. The van der Waals surface area contributed by atoms with Crippen LogP contribution in [0.2, 0.25) is 0 Å². The highest BCUT2D eigenvalue weighted by molar-refractivity contribution is 9.10. The molecule has 0 spiro atoms. The Morgan fingerprint density at radius 1 is 1.56 bits per heavy atom. The summed E-state index contributed by atoms with van der Waals surface area (Å²) in [5.74, 6) is -0.422. The number of carbonyl (C=O) groups excluding carboxylic acids is 1. The van der Waals surface area contributed by atoms with Gasteiger partial charge in [0.15, 0.2) is 0 Å². The third-order valence-electron chi connectivity index (χ3n) is 2.74. The second kappa shape index (κ2) is 4.58. The Balaban J connectivity index is 2.35. The Morgan fingerprint density at radius 3 is 2.78 bits per heavy atom. The van der Waals surface area contributed by atoms with Crippen LogP contribution in [-0.4, -0.2) is 31.1 Å². The van der Waals surface area contributed by atoms with Gasteiger partial charge in [0.25, 0.3) is 0 Å². The van der Waals surface area contributed by atoms with Gasteiger partial charge in [-0.1, -0.05) is 0 Å². The minimum absolute atomic E-state index is 0.179. The maximum atomic E-state index is 12.9. The average Bonchev–Trinajstić information content (AvgIpc) is 2.64. The standard InChI is InChI=1S/C10H10BrFN2O3S/c1-6-2-8(10(11)13-4-6)14-5-7(3-9(14)15)18(12,16)17/h2,4,7H,3,5H2,1H3. The molecule has 1 unspecified atom stereocenters. The first-order valence-electron chi connectivity index (χ1n) is 5.15. The Labute approximate surface area is 112 Å². The lowest BCUT2D eigenvalue weighted by molar-refractivity contribution is -0.117. The predicted octanol–water partition coefficient (Wildman–Crippen LogP) is 1.56. The van der Waals surface area contributed by atoms with Crippen molar-refractivity contribution in [3.8, 4) is 0 Å².